The summed E-state index contributed by atoms with van der Waals surface area (Å²) in [4.78, 5) is 36.8. The molecule has 0 saturated heterocycles. The zero-order valence-corrected chi connectivity index (χ0v) is 85.0. The van der Waals surface area contributed by atoms with Crippen molar-refractivity contribution in [2.75, 3.05) is 0 Å². The molecule has 0 spiro atoms. The molecule has 0 amide bonds. The zero-order chi connectivity index (χ0) is 87.7. The van der Waals surface area contributed by atoms with Crippen molar-refractivity contribution in [1.82, 2.24) is 39.9 Å². The van der Waals surface area contributed by atoms with Crippen LogP contribution in [-0.4, -0.2) is 130 Å². The minimum absolute atomic E-state index is 0. The standard InChI is InChI=1S/C24H19N2.C20H19N2.C19H17N2.C16H19N2.C8H18O2.3C5H12O2.4Ir/c1-17-13-18(2)15-21(14-17)24-25-16-22(19-9-5-3-6-10-19)23(26-24)20-11-7-4-8-12-20;1-13-7-14(2)10-17(9-13)19-5-6-21-20(22-19)18-11-15(3)8-16(4)12-18;1-13-9-14(2)11-17(10-13)19-20-12-18(15(3)21-19)16-7-5-4-6-8-16;1-11-6-12(2)8-13(7-11)15-17-9-14(10-18-15)16(3,4)5;1-6(9)5-7(10)8(2,3)4;3*1-4(6)3-5(2)7;;;;/h3-14,16H,1-2H3;5-11H,1-4H3;4-10,12H,1-3H3;6-7,9-10H,1-5H3;6-7,9-10H,5H2,1-4H3;3*4-7H,3H2,1-2H3;;;;/q4*-1;;;;;;;;. The van der Waals surface area contributed by atoms with E-state index in [1.807, 2.05) is 147 Å². The van der Waals surface area contributed by atoms with Gasteiger partial charge < -0.3 is 40.9 Å². The molecule has 20 heteroatoms. The molecule has 8 unspecified atom stereocenters. The number of nitrogens with zero attached hydrogens (tertiary/aromatic N) is 8. The number of hydrogen-bond donors (Lipinski definition) is 8. The van der Waals surface area contributed by atoms with Gasteiger partial charge in [-0.2, -0.15) is 0 Å². The number of hydrogen-bond acceptors (Lipinski definition) is 16. The van der Waals surface area contributed by atoms with E-state index in [9.17, 15) is 5.11 Å². The van der Waals surface area contributed by atoms with E-state index in [2.05, 4.69) is 220 Å². The second-order valence-corrected chi connectivity index (χ2v) is 33.2. The van der Waals surface area contributed by atoms with Gasteiger partial charge in [-0.25, -0.2) is 0 Å². The first-order valence-electron chi connectivity index (χ1n) is 40.5. The van der Waals surface area contributed by atoms with E-state index in [1.54, 1.807) is 48.5 Å². The molecule has 0 aliphatic heterocycles. The Bertz CT molecular complexity index is 4790. The summed E-state index contributed by atoms with van der Waals surface area (Å²) in [7, 11) is 0. The first-order chi connectivity index (χ1) is 55.4. The van der Waals surface area contributed by atoms with Crippen molar-refractivity contribution < 1.29 is 121 Å². The summed E-state index contributed by atoms with van der Waals surface area (Å²) in [6, 6.07) is 69.3. The maximum absolute atomic E-state index is 9.40. The molecule has 4 aromatic heterocycles. The van der Waals surface area contributed by atoms with Crippen LogP contribution in [0.1, 0.15) is 183 Å². The third-order valence-electron chi connectivity index (χ3n) is 17.8. The maximum atomic E-state index is 9.40. The fourth-order valence-corrected chi connectivity index (χ4v) is 12.5. The Hall–Kier alpha value is -7.64. The first-order valence-corrected chi connectivity index (χ1v) is 40.5. The molecule has 8 aromatic carbocycles. The van der Waals surface area contributed by atoms with Crippen LogP contribution in [0.2, 0.25) is 0 Å². The molecule has 12 aromatic rings. The van der Waals surface area contributed by atoms with Crippen LogP contribution in [-0.2, 0) is 85.8 Å². The Morgan fingerprint density at radius 1 is 0.303 bits per heavy atom. The molecule has 8 N–H and O–H groups in total. The van der Waals surface area contributed by atoms with E-state index in [-0.39, 0.29) is 128 Å². The Kier molecular flexibility index (Phi) is 51.3. The van der Waals surface area contributed by atoms with Gasteiger partial charge in [0, 0.05) is 128 Å². The molecular formula is C102H128Ir4N8O8-4. The van der Waals surface area contributed by atoms with E-state index in [0.717, 1.165) is 118 Å². The van der Waals surface area contributed by atoms with Crippen LogP contribution in [0.5, 0.6) is 0 Å². The molecule has 122 heavy (non-hydrogen) atoms. The SMILES string of the molecule is CC(O)CC(C)O.CC(O)CC(C)O.CC(O)CC(C)O.CC(O)CC(O)C(C)(C)C.Cc1[c-]c(-c2ncc(-c3ccccc3)c(-c3ccccc3)n2)cc(C)c1.Cc1[c-]c(-c2ncc(-c3ccccc3)c(C)n2)cc(C)c1.Cc1[c-]c(-c2ncc(C(C)(C)C)cn2)cc(C)c1.Cc1[c-]c(-c2nccc(-c3cc(C)cc(C)c3)n2)cc(C)c1.[Ir].[Ir].[Ir].[Ir]. The summed E-state index contributed by atoms with van der Waals surface area (Å²) >= 11 is 0. The van der Waals surface area contributed by atoms with Crippen molar-refractivity contribution in [3.05, 3.63) is 286 Å². The van der Waals surface area contributed by atoms with Crippen LogP contribution >= 0.6 is 0 Å². The molecule has 12 rings (SSSR count). The summed E-state index contributed by atoms with van der Waals surface area (Å²) in [5.74, 6) is 2.91. The summed E-state index contributed by atoms with van der Waals surface area (Å²) < 4.78 is 0. The molecule has 0 aliphatic carbocycles. The number of aliphatic hydroxyl groups excluding tert-OH is 8. The third kappa shape index (κ3) is 41.9. The second kappa shape index (κ2) is 55.7. The predicted molar refractivity (Wildman–Crippen MR) is 483 cm³/mol. The average Bonchev–Trinajstić information content (AvgIpc) is 0.772. The monoisotopic (exact) mass is 2360 g/mol. The van der Waals surface area contributed by atoms with Crippen molar-refractivity contribution in [2.24, 2.45) is 5.41 Å². The average molecular weight is 2360 g/mol. The number of aliphatic hydroxyl groups is 8. The molecule has 0 fully saturated rings. The number of aromatic nitrogens is 8. The maximum Gasteiger partial charge on any atom is 0.0756 e. The van der Waals surface area contributed by atoms with E-state index in [0.29, 0.717) is 31.5 Å². The van der Waals surface area contributed by atoms with Crippen LogP contribution in [0, 0.1) is 106 Å². The van der Waals surface area contributed by atoms with Gasteiger partial charge >= 0.3 is 0 Å². The summed E-state index contributed by atoms with van der Waals surface area (Å²) in [5.41, 5.74) is 26.1. The Balaban J connectivity index is 0.000000726. The summed E-state index contributed by atoms with van der Waals surface area (Å²) in [6.45, 7) is 46.7. The quantitative estimate of drug-likeness (QED) is 0.0418. The number of benzene rings is 8. The van der Waals surface area contributed by atoms with Gasteiger partial charge in [-0.1, -0.05) is 205 Å². The van der Waals surface area contributed by atoms with Crippen molar-refractivity contribution in [2.45, 2.75) is 246 Å². The van der Waals surface area contributed by atoms with Gasteiger partial charge in [-0.3, -0.25) is 39.9 Å². The van der Waals surface area contributed by atoms with Gasteiger partial charge in [0.25, 0.3) is 0 Å². The van der Waals surface area contributed by atoms with Crippen LogP contribution < -0.4 is 0 Å². The topological polar surface area (TPSA) is 265 Å². The number of aryl methyl sites for hydroxylation is 11. The van der Waals surface area contributed by atoms with E-state index >= 15 is 0 Å². The van der Waals surface area contributed by atoms with Crippen molar-refractivity contribution in [3.63, 3.8) is 0 Å². The molecule has 4 heterocycles. The minimum Gasteiger partial charge on any atom is -0.393 e. The van der Waals surface area contributed by atoms with Gasteiger partial charge in [0.15, 0.2) is 0 Å². The molecule has 8 atom stereocenters. The Morgan fingerprint density at radius 3 is 0.918 bits per heavy atom. The first kappa shape index (κ1) is 112. The summed E-state index contributed by atoms with van der Waals surface area (Å²) in [5, 5.41) is 69.7. The van der Waals surface area contributed by atoms with Gasteiger partial charge in [0.1, 0.15) is 0 Å². The fourth-order valence-electron chi connectivity index (χ4n) is 12.5. The largest absolute Gasteiger partial charge is 0.393 e. The predicted octanol–water partition coefficient (Wildman–Crippen LogP) is 20.7. The molecule has 16 nitrogen and oxygen atoms in total. The van der Waals surface area contributed by atoms with Crippen LogP contribution in [0.15, 0.2) is 195 Å². The van der Waals surface area contributed by atoms with Crippen molar-refractivity contribution in [1.29, 1.82) is 0 Å². The molecule has 0 bridgehead atoms. The second-order valence-electron chi connectivity index (χ2n) is 33.2. The van der Waals surface area contributed by atoms with Gasteiger partial charge in [-0.15, -0.1) is 140 Å². The Morgan fingerprint density at radius 2 is 0.607 bits per heavy atom. The smallest absolute Gasteiger partial charge is 0.0756 e. The van der Waals surface area contributed by atoms with Gasteiger partial charge in [0.05, 0.1) is 83.5 Å². The van der Waals surface area contributed by atoms with Crippen LogP contribution in [0.4, 0.5) is 0 Å². The van der Waals surface area contributed by atoms with E-state index < -0.39 is 12.2 Å². The van der Waals surface area contributed by atoms with E-state index in [1.165, 1.54) is 33.4 Å². The van der Waals surface area contributed by atoms with Gasteiger partial charge in [0.2, 0.25) is 0 Å². The third-order valence-corrected chi connectivity index (χ3v) is 17.8. The molecule has 0 aliphatic rings. The van der Waals surface area contributed by atoms with Crippen LogP contribution in [0.25, 0.3) is 90.3 Å². The molecule has 0 saturated carbocycles. The Labute approximate surface area is 782 Å². The zero-order valence-electron chi connectivity index (χ0n) is 75.4. The number of rotatable bonds is 16. The van der Waals surface area contributed by atoms with Crippen molar-refractivity contribution >= 4 is 0 Å². The molecular weight excluding hydrogens is 2230 g/mol. The molecule has 4 radical (unpaired) electrons. The summed E-state index contributed by atoms with van der Waals surface area (Å²) in [6.07, 6.45) is 8.28. The van der Waals surface area contributed by atoms with E-state index in [4.69, 9.17) is 45.7 Å². The molecule has 664 valence electrons. The fraction of sp³-hybridized carbons (Fsp3) is 0.373. The minimum atomic E-state index is -0.410. The van der Waals surface area contributed by atoms with Crippen LogP contribution in [0.3, 0.4) is 0 Å². The van der Waals surface area contributed by atoms with Gasteiger partial charge in [-0.05, 0) is 152 Å². The van der Waals surface area contributed by atoms with Crippen molar-refractivity contribution in [3.8, 4) is 90.3 Å². The normalized spacial score (nSPS) is 12.5.